The average molecular weight is 287 g/mol. The van der Waals surface area contributed by atoms with Crippen LogP contribution in [0.4, 0.5) is 5.69 Å². The third-order valence-electron chi connectivity index (χ3n) is 2.16. The molecule has 0 saturated heterocycles. The van der Waals surface area contributed by atoms with Gasteiger partial charge in [-0.2, -0.15) is 0 Å². The lowest BCUT2D eigenvalue weighted by molar-refractivity contribution is 0.102. The van der Waals surface area contributed by atoms with Crippen molar-refractivity contribution in [2.75, 3.05) is 5.32 Å². The molecule has 1 aromatic heterocycles. The lowest BCUT2D eigenvalue weighted by Crippen LogP contribution is -2.13. The number of nitrogens with zero attached hydrogens (tertiary/aromatic N) is 1. The van der Waals surface area contributed by atoms with E-state index in [1.165, 1.54) is 11.3 Å². The van der Waals surface area contributed by atoms with Crippen molar-refractivity contribution in [1.82, 2.24) is 4.98 Å². The number of thiazole rings is 1. The zero-order chi connectivity index (χ0) is 12.4. The van der Waals surface area contributed by atoms with E-state index in [1.807, 2.05) is 6.92 Å². The van der Waals surface area contributed by atoms with E-state index in [0.717, 1.165) is 4.88 Å². The second-order valence-electron chi connectivity index (χ2n) is 3.31. The molecule has 0 atom stereocenters. The van der Waals surface area contributed by atoms with Gasteiger partial charge in [0.15, 0.2) is 0 Å². The third kappa shape index (κ3) is 2.60. The van der Waals surface area contributed by atoms with Gasteiger partial charge in [-0.25, -0.2) is 4.98 Å². The number of carbonyl (C=O) groups is 1. The maximum Gasteiger partial charge on any atom is 0.275 e. The first kappa shape index (κ1) is 12.4. The Bertz CT molecular complexity index is 568. The molecule has 1 N–H and O–H groups in total. The van der Waals surface area contributed by atoms with Crippen LogP contribution >= 0.6 is 34.5 Å². The van der Waals surface area contributed by atoms with E-state index >= 15 is 0 Å². The maximum absolute atomic E-state index is 11.9. The van der Waals surface area contributed by atoms with E-state index < -0.39 is 0 Å². The van der Waals surface area contributed by atoms with Gasteiger partial charge in [0, 0.05) is 4.88 Å². The molecule has 0 aliphatic carbocycles. The van der Waals surface area contributed by atoms with Crippen molar-refractivity contribution in [2.45, 2.75) is 6.92 Å². The zero-order valence-electron chi connectivity index (χ0n) is 8.83. The van der Waals surface area contributed by atoms with Crippen LogP contribution in [0.15, 0.2) is 23.7 Å². The van der Waals surface area contributed by atoms with Crippen molar-refractivity contribution in [1.29, 1.82) is 0 Å². The van der Waals surface area contributed by atoms with E-state index in [-0.39, 0.29) is 5.91 Å². The van der Waals surface area contributed by atoms with Gasteiger partial charge in [-0.3, -0.25) is 4.79 Å². The highest BCUT2D eigenvalue weighted by Crippen LogP contribution is 2.29. The lowest BCUT2D eigenvalue weighted by atomic mass is 10.3. The van der Waals surface area contributed by atoms with Crippen molar-refractivity contribution in [2.24, 2.45) is 0 Å². The van der Waals surface area contributed by atoms with Gasteiger partial charge >= 0.3 is 0 Å². The molecule has 1 amide bonds. The molecule has 17 heavy (non-hydrogen) atoms. The van der Waals surface area contributed by atoms with Gasteiger partial charge < -0.3 is 5.32 Å². The minimum atomic E-state index is -0.284. The highest BCUT2D eigenvalue weighted by molar-refractivity contribution is 7.09. The summed E-state index contributed by atoms with van der Waals surface area (Å²) >= 11 is 13.3. The molecule has 0 bridgehead atoms. The minimum absolute atomic E-state index is 0.284. The number of aryl methyl sites for hydroxylation is 1. The summed E-state index contributed by atoms with van der Waals surface area (Å²) in [7, 11) is 0. The lowest BCUT2D eigenvalue weighted by Gasteiger charge is -2.07. The Morgan fingerprint density at radius 3 is 2.82 bits per heavy atom. The molecular formula is C11H8Cl2N2OS. The van der Waals surface area contributed by atoms with Gasteiger partial charge in [-0.15, -0.1) is 11.3 Å². The second kappa shape index (κ2) is 5.04. The summed E-state index contributed by atoms with van der Waals surface area (Å²) in [4.78, 5) is 16.7. The topological polar surface area (TPSA) is 42.0 Å². The van der Waals surface area contributed by atoms with Crippen molar-refractivity contribution in [3.63, 3.8) is 0 Å². The van der Waals surface area contributed by atoms with E-state index in [4.69, 9.17) is 23.2 Å². The molecule has 0 radical (unpaired) electrons. The molecule has 0 fully saturated rings. The number of hydrogen-bond donors (Lipinski definition) is 1. The molecule has 0 spiro atoms. The fourth-order valence-electron chi connectivity index (χ4n) is 1.31. The average Bonchev–Trinajstić information content (AvgIpc) is 2.71. The number of amides is 1. The summed E-state index contributed by atoms with van der Waals surface area (Å²) in [5, 5.41) is 3.41. The number of hydrogen-bond acceptors (Lipinski definition) is 3. The third-order valence-corrected chi connectivity index (χ3v) is 3.74. The van der Waals surface area contributed by atoms with Crippen molar-refractivity contribution >= 4 is 46.1 Å². The summed E-state index contributed by atoms with van der Waals surface area (Å²) < 4.78 is 0. The van der Waals surface area contributed by atoms with Gasteiger partial charge in [-0.1, -0.05) is 29.3 Å². The van der Waals surface area contributed by atoms with Gasteiger partial charge in [0.2, 0.25) is 0 Å². The predicted molar refractivity (Wildman–Crippen MR) is 71.3 cm³/mol. The predicted octanol–water partition coefficient (Wildman–Crippen LogP) is 4.01. The monoisotopic (exact) mass is 286 g/mol. The number of rotatable bonds is 2. The summed E-state index contributed by atoms with van der Waals surface area (Å²) in [6.45, 7) is 1.84. The normalized spacial score (nSPS) is 10.3. The first-order valence-electron chi connectivity index (χ1n) is 4.75. The fraction of sp³-hybridized carbons (Fsp3) is 0.0909. The van der Waals surface area contributed by atoms with Crippen LogP contribution < -0.4 is 5.32 Å². The summed E-state index contributed by atoms with van der Waals surface area (Å²) in [6.07, 6.45) is 0. The Kier molecular flexibility index (Phi) is 3.66. The standard InChI is InChI=1S/C11H8Cl2N2OS/c1-6-10(14-5-17-6)11(16)15-8-4-2-3-7(12)9(8)13/h2-5H,1H3,(H,15,16). The number of carbonyl (C=O) groups excluding carboxylic acids is 1. The minimum Gasteiger partial charge on any atom is -0.319 e. The summed E-state index contributed by atoms with van der Waals surface area (Å²) in [6, 6.07) is 5.07. The molecule has 3 nitrogen and oxygen atoms in total. The van der Waals surface area contributed by atoms with Crippen molar-refractivity contribution < 1.29 is 4.79 Å². The molecule has 0 unspecified atom stereocenters. The Balaban J connectivity index is 2.25. The van der Waals surface area contributed by atoms with E-state index in [1.54, 1.807) is 23.7 Å². The van der Waals surface area contributed by atoms with Crippen molar-refractivity contribution in [3.8, 4) is 0 Å². The first-order valence-corrected chi connectivity index (χ1v) is 6.38. The Labute approximate surface area is 112 Å². The number of benzene rings is 1. The summed E-state index contributed by atoms with van der Waals surface area (Å²) in [5.41, 5.74) is 2.52. The van der Waals surface area contributed by atoms with Crippen LogP contribution in [-0.2, 0) is 0 Å². The molecule has 6 heteroatoms. The van der Waals surface area contributed by atoms with Crippen LogP contribution in [0.3, 0.4) is 0 Å². The van der Waals surface area contributed by atoms with Crippen LogP contribution in [0, 0.1) is 6.92 Å². The van der Waals surface area contributed by atoms with E-state index in [0.29, 0.717) is 21.4 Å². The molecule has 0 saturated carbocycles. The first-order chi connectivity index (χ1) is 8.09. The smallest absolute Gasteiger partial charge is 0.275 e. The maximum atomic E-state index is 11.9. The van der Waals surface area contributed by atoms with Crippen LogP contribution in [-0.4, -0.2) is 10.9 Å². The highest BCUT2D eigenvalue weighted by atomic mass is 35.5. The van der Waals surface area contributed by atoms with Crippen LogP contribution in [0.2, 0.25) is 10.0 Å². The van der Waals surface area contributed by atoms with Gasteiger partial charge in [0.1, 0.15) is 5.69 Å². The molecule has 1 heterocycles. The molecular weight excluding hydrogens is 279 g/mol. The molecule has 88 valence electrons. The van der Waals surface area contributed by atoms with Gasteiger partial charge in [-0.05, 0) is 19.1 Å². The quantitative estimate of drug-likeness (QED) is 0.906. The van der Waals surface area contributed by atoms with Crippen LogP contribution in [0.1, 0.15) is 15.4 Å². The Hall–Kier alpha value is -1.10. The molecule has 1 aromatic carbocycles. The summed E-state index contributed by atoms with van der Waals surface area (Å²) in [5.74, 6) is -0.284. The molecule has 0 aliphatic heterocycles. The van der Waals surface area contributed by atoms with E-state index in [9.17, 15) is 4.79 Å². The van der Waals surface area contributed by atoms with Crippen LogP contribution in [0.5, 0.6) is 0 Å². The zero-order valence-corrected chi connectivity index (χ0v) is 11.2. The number of nitrogens with one attached hydrogen (secondary N) is 1. The Morgan fingerprint density at radius 1 is 1.41 bits per heavy atom. The Morgan fingerprint density at radius 2 is 2.18 bits per heavy atom. The number of anilines is 1. The largest absolute Gasteiger partial charge is 0.319 e. The fourth-order valence-corrected chi connectivity index (χ4v) is 2.23. The molecule has 0 aliphatic rings. The van der Waals surface area contributed by atoms with E-state index in [2.05, 4.69) is 10.3 Å². The molecule has 2 aromatic rings. The SMILES string of the molecule is Cc1scnc1C(=O)Nc1cccc(Cl)c1Cl. The van der Waals surface area contributed by atoms with Gasteiger partial charge in [0.25, 0.3) is 5.91 Å². The van der Waals surface area contributed by atoms with Crippen LogP contribution in [0.25, 0.3) is 0 Å². The van der Waals surface area contributed by atoms with Crippen molar-refractivity contribution in [3.05, 3.63) is 44.3 Å². The molecule has 2 rings (SSSR count). The second-order valence-corrected chi connectivity index (χ2v) is 5.16. The van der Waals surface area contributed by atoms with Gasteiger partial charge in [0.05, 0.1) is 21.2 Å². The highest BCUT2D eigenvalue weighted by Gasteiger charge is 2.14. The number of aromatic nitrogens is 1. The number of halogens is 2.